The Balaban J connectivity index is 2.07. The minimum absolute atomic E-state index is 0.0663. The fraction of sp³-hybridized carbons (Fsp3) is 0.647. The number of hydrogen-bond acceptors (Lipinski definition) is 3. The molecule has 2 rings (SSSR count). The largest absolute Gasteiger partial charge is 0.507 e. The Labute approximate surface area is 122 Å². The molecule has 0 bridgehead atoms. The average molecular weight is 277 g/mol. The lowest BCUT2D eigenvalue weighted by atomic mass is 9.96. The molecule has 1 fully saturated rings. The van der Waals surface area contributed by atoms with Gasteiger partial charge in [0.1, 0.15) is 11.5 Å². The van der Waals surface area contributed by atoms with Crippen LogP contribution in [-0.4, -0.2) is 28.2 Å². The summed E-state index contributed by atoms with van der Waals surface area (Å²) >= 11 is 0. The van der Waals surface area contributed by atoms with Crippen LogP contribution in [0.5, 0.6) is 11.5 Å². The molecule has 112 valence electrons. The van der Waals surface area contributed by atoms with E-state index in [9.17, 15) is 10.2 Å². The number of benzene rings is 1. The zero-order valence-electron chi connectivity index (χ0n) is 12.7. The SMILES string of the molecule is CCCC1CCCN(C(C)c2c(O)cccc2O)CC1. The van der Waals surface area contributed by atoms with Gasteiger partial charge in [0.15, 0.2) is 0 Å². The second-order valence-electron chi connectivity index (χ2n) is 6.01. The van der Waals surface area contributed by atoms with Crippen LogP contribution in [0.4, 0.5) is 0 Å². The summed E-state index contributed by atoms with van der Waals surface area (Å²) in [7, 11) is 0. The van der Waals surface area contributed by atoms with Crippen molar-refractivity contribution in [3.63, 3.8) is 0 Å². The molecule has 1 saturated heterocycles. The summed E-state index contributed by atoms with van der Waals surface area (Å²) in [6.45, 7) is 6.44. The van der Waals surface area contributed by atoms with Gasteiger partial charge in [0.25, 0.3) is 0 Å². The maximum atomic E-state index is 10.0. The summed E-state index contributed by atoms with van der Waals surface area (Å²) in [5.74, 6) is 1.24. The molecule has 3 nitrogen and oxygen atoms in total. The molecule has 0 aromatic heterocycles. The Bertz CT molecular complexity index is 413. The van der Waals surface area contributed by atoms with E-state index in [2.05, 4.69) is 18.7 Å². The molecule has 1 aromatic rings. The van der Waals surface area contributed by atoms with E-state index >= 15 is 0 Å². The average Bonchev–Trinajstić information content (AvgIpc) is 2.64. The number of phenolic OH excluding ortho intramolecular Hbond substituents is 2. The lowest BCUT2D eigenvalue weighted by Gasteiger charge is -2.29. The highest BCUT2D eigenvalue weighted by molar-refractivity contribution is 5.44. The van der Waals surface area contributed by atoms with E-state index < -0.39 is 0 Å². The van der Waals surface area contributed by atoms with Gasteiger partial charge >= 0.3 is 0 Å². The third kappa shape index (κ3) is 3.45. The van der Waals surface area contributed by atoms with Crippen molar-refractivity contribution in [2.75, 3.05) is 13.1 Å². The first-order valence-electron chi connectivity index (χ1n) is 7.88. The summed E-state index contributed by atoms with van der Waals surface area (Å²) in [5.41, 5.74) is 0.668. The molecule has 1 aliphatic heterocycles. The molecule has 0 spiro atoms. The van der Waals surface area contributed by atoms with E-state index in [1.807, 2.05) is 0 Å². The Hall–Kier alpha value is -1.22. The van der Waals surface area contributed by atoms with Crippen molar-refractivity contribution < 1.29 is 10.2 Å². The highest BCUT2D eigenvalue weighted by Crippen LogP contribution is 2.37. The molecule has 0 saturated carbocycles. The van der Waals surface area contributed by atoms with Crippen LogP contribution in [-0.2, 0) is 0 Å². The van der Waals surface area contributed by atoms with Crippen molar-refractivity contribution >= 4 is 0 Å². The van der Waals surface area contributed by atoms with Crippen LogP contribution >= 0.6 is 0 Å². The summed E-state index contributed by atoms with van der Waals surface area (Å²) in [4.78, 5) is 2.39. The maximum absolute atomic E-state index is 10.0. The molecule has 0 aliphatic carbocycles. The van der Waals surface area contributed by atoms with Gasteiger partial charge in [-0.05, 0) is 57.3 Å². The summed E-state index contributed by atoms with van der Waals surface area (Å²) in [6.07, 6.45) is 6.34. The number of aromatic hydroxyl groups is 2. The topological polar surface area (TPSA) is 43.7 Å². The van der Waals surface area contributed by atoms with Crippen molar-refractivity contribution in [2.45, 2.75) is 52.0 Å². The zero-order chi connectivity index (χ0) is 14.5. The molecule has 20 heavy (non-hydrogen) atoms. The Morgan fingerprint density at radius 2 is 1.90 bits per heavy atom. The third-order valence-corrected chi connectivity index (χ3v) is 4.60. The van der Waals surface area contributed by atoms with Gasteiger partial charge in [0, 0.05) is 6.04 Å². The van der Waals surface area contributed by atoms with Gasteiger partial charge in [-0.3, -0.25) is 4.90 Å². The summed E-state index contributed by atoms with van der Waals surface area (Å²) in [6, 6.07) is 5.06. The molecule has 0 radical (unpaired) electrons. The van der Waals surface area contributed by atoms with E-state index in [1.165, 1.54) is 32.1 Å². The third-order valence-electron chi connectivity index (χ3n) is 4.60. The quantitative estimate of drug-likeness (QED) is 0.872. The fourth-order valence-electron chi connectivity index (χ4n) is 3.42. The predicted molar refractivity (Wildman–Crippen MR) is 82.0 cm³/mol. The molecule has 1 heterocycles. The smallest absolute Gasteiger partial charge is 0.124 e. The Kier molecular flexibility index (Phi) is 5.30. The Morgan fingerprint density at radius 3 is 2.55 bits per heavy atom. The van der Waals surface area contributed by atoms with Crippen LogP contribution in [0.15, 0.2) is 18.2 Å². The molecule has 2 N–H and O–H groups in total. The van der Waals surface area contributed by atoms with Gasteiger partial charge in [0.2, 0.25) is 0 Å². The van der Waals surface area contributed by atoms with Crippen LogP contribution < -0.4 is 0 Å². The van der Waals surface area contributed by atoms with Gasteiger partial charge in [-0.25, -0.2) is 0 Å². The van der Waals surface area contributed by atoms with Crippen LogP contribution in [0.1, 0.15) is 57.6 Å². The highest BCUT2D eigenvalue weighted by atomic mass is 16.3. The van der Waals surface area contributed by atoms with E-state index in [-0.39, 0.29) is 17.5 Å². The van der Waals surface area contributed by atoms with Gasteiger partial charge in [-0.15, -0.1) is 0 Å². The number of phenols is 2. The lowest BCUT2D eigenvalue weighted by Crippen LogP contribution is -2.28. The van der Waals surface area contributed by atoms with Crippen LogP contribution in [0.25, 0.3) is 0 Å². The number of rotatable bonds is 4. The zero-order valence-corrected chi connectivity index (χ0v) is 12.7. The minimum Gasteiger partial charge on any atom is -0.507 e. The Morgan fingerprint density at radius 1 is 1.20 bits per heavy atom. The molecule has 0 amide bonds. The van der Waals surface area contributed by atoms with Gasteiger partial charge in [-0.1, -0.05) is 25.8 Å². The van der Waals surface area contributed by atoms with Crippen LogP contribution in [0, 0.1) is 5.92 Å². The highest BCUT2D eigenvalue weighted by Gasteiger charge is 2.24. The number of likely N-dealkylation sites (tertiary alicyclic amines) is 1. The number of nitrogens with zero attached hydrogens (tertiary/aromatic N) is 1. The first-order valence-corrected chi connectivity index (χ1v) is 7.88. The molecule has 2 unspecified atom stereocenters. The molecule has 1 aromatic carbocycles. The van der Waals surface area contributed by atoms with Crippen molar-refractivity contribution in [1.29, 1.82) is 0 Å². The fourth-order valence-corrected chi connectivity index (χ4v) is 3.42. The first kappa shape index (κ1) is 15.2. The van der Waals surface area contributed by atoms with E-state index in [4.69, 9.17) is 0 Å². The number of hydrogen-bond donors (Lipinski definition) is 2. The van der Waals surface area contributed by atoms with Gasteiger partial charge < -0.3 is 10.2 Å². The van der Waals surface area contributed by atoms with Crippen LogP contribution in [0.2, 0.25) is 0 Å². The van der Waals surface area contributed by atoms with E-state index in [0.717, 1.165) is 19.0 Å². The summed E-state index contributed by atoms with van der Waals surface area (Å²) in [5, 5.41) is 20.0. The van der Waals surface area contributed by atoms with E-state index in [0.29, 0.717) is 5.56 Å². The predicted octanol–water partition coefficient (Wildman–Crippen LogP) is 4.06. The maximum Gasteiger partial charge on any atom is 0.124 e. The molecule has 2 atom stereocenters. The normalized spacial score (nSPS) is 22.4. The van der Waals surface area contributed by atoms with Crippen molar-refractivity contribution in [3.05, 3.63) is 23.8 Å². The second-order valence-corrected chi connectivity index (χ2v) is 6.01. The molecule has 1 aliphatic rings. The van der Waals surface area contributed by atoms with Crippen LogP contribution in [0.3, 0.4) is 0 Å². The lowest BCUT2D eigenvalue weighted by molar-refractivity contribution is 0.208. The monoisotopic (exact) mass is 277 g/mol. The molecular weight excluding hydrogens is 250 g/mol. The van der Waals surface area contributed by atoms with Gasteiger partial charge in [-0.2, -0.15) is 0 Å². The first-order chi connectivity index (χ1) is 9.63. The summed E-state index contributed by atoms with van der Waals surface area (Å²) < 4.78 is 0. The van der Waals surface area contributed by atoms with E-state index in [1.54, 1.807) is 18.2 Å². The standard InChI is InChI=1S/C17H27NO2/c1-3-6-14-7-5-11-18(12-10-14)13(2)17-15(19)8-4-9-16(17)20/h4,8-9,13-14,19-20H,3,5-7,10-12H2,1-2H3. The molecule has 3 heteroatoms. The minimum atomic E-state index is 0.0663. The second kappa shape index (κ2) is 6.98. The van der Waals surface area contributed by atoms with Gasteiger partial charge in [0.05, 0.1) is 5.56 Å². The van der Waals surface area contributed by atoms with Crippen molar-refractivity contribution in [3.8, 4) is 11.5 Å². The van der Waals surface area contributed by atoms with Crippen molar-refractivity contribution in [1.82, 2.24) is 4.90 Å². The van der Waals surface area contributed by atoms with Crippen molar-refractivity contribution in [2.24, 2.45) is 5.92 Å². The molecular formula is C17H27NO2.